The van der Waals surface area contributed by atoms with Crippen LogP contribution in [0.2, 0.25) is 0 Å². The van der Waals surface area contributed by atoms with Crippen LogP contribution in [0, 0.1) is 13.8 Å². The Labute approximate surface area is 123 Å². The van der Waals surface area contributed by atoms with Crippen molar-refractivity contribution in [3.8, 4) is 0 Å². The molecule has 1 aromatic carbocycles. The Morgan fingerprint density at radius 3 is 2.86 bits per heavy atom. The van der Waals surface area contributed by atoms with Crippen molar-refractivity contribution in [3.63, 3.8) is 0 Å². The van der Waals surface area contributed by atoms with E-state index in [1.54, 1.807) is 7.11 Å². The van der Waals surface area contributed by atoms with Crippen molar-refractivity contribution in [3.05, 3.63) is 40.8 Å². The third kappa shape index (κ3) is 4.39. The first kappa shape index (κ1) is 15.2. The molecule has 1 amide bonds. The van der Waals surface area contributed by atoms with Gasteiger partial charge in [-0.15, -0.1) is 5.10 Å². The molecule has 0 fully saturated rings. The highest BCUT2D eigenvalue weighted by molar-refractivity contribution is 5.90. The number of anilines is 1. The van der Waals surface area contributed by atoms with E-state index in [-0.39, 0.29) is 18.3 Å². The number of nitrogens with one attached hydrogen (secondary N) is 1. The zero-order valence-electron chi connectivity index (χ0n) is 12.5. The lowest BCUT2D eigenvalue weighted by molar-refractivity contribution is -0.115. The highest BCUT2D eigenvalue weighted by Crippen LogP contribution is 2.12. The summed E-state index contributed by atoms with van der Waals surface area (Å²) in [6, 6.07) is 6.13. The third-order valence-corrected chi connectivity index (χ3v) is 3.08. The van der Waals surface area contributed by atoms with Crippen LogP contribution in [0.1, 0.15) is 22.6 Å². The van der Waals surface area contributed by atoms with E-state index in [4.69, 9.17) is 9.15 Å². The Morgan fingerprint density at radius 1 is 1.33 bits per heavy atom. The molecule has 6 heteroatoms. The fourth-order valence-electron chi connectivity index (χ4n) is 1.98. The van der Waals surface area contributed by atoms with E-state index in [0.29, 0.717) is 18.9 Å². The summed E-state index contributed by atoms with van der Waals surface area (Å²) < 4.78 is 10.2. The van der Waals surface area contributed by atoms with Gasteiger partial charge in [0.2, 0.25) is 11.8 Å². The molecule has 0 radical (unpaired) electrons. The second-order valence-corrected chi connectivity index (χ2v) is 4.90. The summed E-state index contributed by atoms with van der Waals surface area (Å²) >= 11 is 0. The molecular formula is C15H19N3O3. The van der Waals surface area contributed by atoms with Gasteiger partial charge in [-0.2, -0.15) is 0 Å². The van der Waals surface area contributed by atoms with Gasteiger partial charge in [0.25, 0.3) is 0 Å². The maximum atomic E-state index is 12.0. The fourth-order valence-corrected chi connectivity index (χ4v) is 1.98. The molecule has 0 aliphatic heterocycles. The van der Waals surface area contributed by atoms with Crippen molar-refractivity contribution < 1.29 is 13.9 Å². The van der Waals surface area contributed by atoms with Crippen LogP contribution in [-0.2, 0) is 22.4 Å². The molecular weight excluding hydrogens is 270 g/mol. The van der Waals surface area contributed by atoms with Crippen molar-refractivity contribution in [2.75, 3.05) is 19.0 Å². The number of benzene rings is 1. The molecule has 0 saturated heterocycles. The predicted molar refractivity (Wildman–Crippen MR) is 78.1 cm³/mol. The number of amides is 1. The highest BCUT2D eigenvalue weighted by Gasteiger charge is 2.11. The topological polar surface area (TPSA) is 77.3 Å². The number of carbonyl (C=O) groups excluding carboxylic acids is 1. The number of nitrogens with zero attached hydrogens (tertiary/aromatic N) is 2. The van der Waals surface area contributed by atoms with E-state index < -0.39 is 0 Å². The molecule has 6 nitrogen and oxygen atoms in total. The molecule has 21 heavy (non-hydrogen) atoms. The van der Waals surface area contributed by atoms with Gasteiger partial charge in [0, 0.05) is 13.5 Å². The van der Waals surface area contributed by atoms with Crippen molar-refractivity contribution in [2.24, 2.45) is 0 Å². The number of hydrogen-bond donors (Lipinski definition) is 1. The first-order valence-corrected chi connectivity index (χ1v) is 6.76. The molecule has 1 N–H and O–H groups in total. The van der Waals surface area contributed by atoms with Crippen LogP contribution in [0.5, 0.6) is 0 Å². The Hall–Kier alpha value is -2.21. The molecule has 0 saturated carbocycles. The van der Waals surface area contributed by atoms with Crippen LogP contribution in [-0.4, -0.2) is 29.8 Å². The number of aryl methyl sites for hydroxylation is 2. The largest absolute Gasteiger partial charge is 0.408 e. The van der Waals surface area contributed by atoms with E-state index in [2.05, 4.69) is 21.6 Å². The minimum absolute atomic E-state index is 0.121. The normalized spacial score (nSPS) is 10.6. The molecule has 1 heterocycles. The molecule has 2 aromatic rings. The maximum Gasteiger partial charge on any atom is 0.322 e. The molecule has 0 atom stereocenters. The minimum atomic E-state index is -0.177. The zero-order chi connectivity index (χ0) is 15.2. The number of aromatic nitrogens is 2. The van der Waals surface area contributed by atoms with Gasteiger partial charge in [-0.3, -0.25) is 10.1 Å². The summed E-state index contributed by atoms with van der Waals surface area (Å²) in [7, 11) is 1.60. The van der Waals surface area contributed by atoms with Gasteiger partial charge < -0.3 is 9.15 Å². The maximum absolute atomic E-state index is 12.0. The van der Waals surface area contributed by atoms with Crippen molar-refractivity contribution in [2.45, 2.75) is 26.7 Å². The van der Waals surface area contributed by atoms with E-state index >= 15 is 0 Å². The lowest BCUT2D eigenvalue weighted by Crippen LogP contribution is -2.15. The van der Waals surface area contributed by atoms with Crippen LogP contribution in [0.4, 0.5) is 6.01 Å². The summed E-state index contributed by atoms with van der Waals surface area (Å²) in [6.07, 6.45) is 0.804. The molecule has 0 spiro atoms. The number of rotatable bonds is 6. The van der Waals surface area contributed by atoms with Gasteiger partial charge in [-0.25, -0.2) is 0 Å². The zero-order valence-corrected chi connectivity index (χ0v) is 12.5. The molecule has 0 aliphatic rings. The Bertz CT molecular complexity index is 622. The average Bonchev–Trinajstić information content (AvgIpc) is 2.87. The van der Waals surface area contributed by atoms with Crippen molar-refractivity contribution in [1.82, 2.24) is 10.2 Å². The molecule has 0 aliphatic carbocycles. The predicted octanol–water partition coefficient (Wildman–Crippen LogP) is 2.06. The molecule has 0 unspecified atom stereocenters. The first-order chi connectivity index (χ1) is 10.1. The van der Waals surface area contributed by atoms with E-state index in [0.717, 1.165) is 11.1 Å². The second-order valence-electron chi connectivity index (χ2n) is 4.90. The number of carbonyl (C=O) groups is 1. The highest BCUT2D eigenvalue weighted by atomic mass is 16.5. The Balaban J connectivity index is 1.93. The first-order valence-electron chi connectivity index (χ1n) is 6.76. The van der Waals surface area contributed by atoms with Gasteiger partial charge in [0.15, 0.2) is 0 Å². The molecule has 112 valence electrons. The van der Waals surface area contributed by atoms with Crippen LogP contribution in [0.3, 0.4) is 0 Å². The molecule has 1 aromatic heterocycles. The Kier molecular flexibility index (Phi) is 5.05. The van der Waals surface area contributed by atoms with E-state index in [1.165, 1.54) is 5.56 Å². The van der Waals surface area contributed by atoms with Gasteiger partial charge >= 0.3 is 6.01 Å². The van der Waals surface area contributed by atoms with Crippen LogP contribution in [0.15, 0.2) is 22.6 Å². The van der Waals surface area contributed by atoms with Crippen molar-refractivity contribution >= 4 is 11.9 Å². The minimum Gasteiger partial charge on any atom is -0.408 e. The standard InChI is InChI=1S/C15H19N3O3/c1-10-4-5-12(11(2)8-10)9-13(19)16-15-18-17-14(21-15)6-7-20-3/h4-5,8H,6-7,9H2,1-3H3,(H,16,18,19). The third-order valence-electron chi connectivity index (χ3n) is 3.08. The summed E-state index contributed by atoms with van der Waals surface area (Å²) in [4.78, 5) is 12.0. The SMILES string of the molecule is COCCc1nnc(NC(=O)Cc2ccc(C)cc2C)o1. The summed E-state index contributed by atoms with van der Waals surface area (Å²) in [6.45, 7) is 4.51. The second kappa shape index (κ2) is 6.99. The van der Waals surface area contributed by atoms with Crippen molar-refractivity contribution in [1.29, 1.82) is 0 Å². The summed E-state index contributed by atoms with van der Waals surface area (Å²) in [5, 5.41) is 10.2. The fraction of sp³-hybridized carbons (Fsp3) is 0.400. The van der Waals surface area contributed by atoms with E-state index in [1.807, 2.05) is 26.0 Å². The quantitative estimate of drug-likeness (QED) is 0.880. The Morgan fingerprint density at radius 2 is 2.14 bits per heavy atom. The number of methoxy groups -OCH3 is 1. The van der Waals surface area contributed by atoms with Crippen LogP contribution >= 0.6 is 0 Å². The average molecular weight is 289 g/mol. The van der Waals surface area contributed by atoms with Crippen LogP contribution in [0.25, 0.3) is 0 Å². The van der Waals surface area contributed by atoms with Gasteiger partial charge in [-0.05, 0) is 25.0 Å². The van der Waals surface area contributed by atoms with E-state index in [9.17, 15) is 4.79 Å². The van der Waals surface area contributed by atoms with Gasteiger partial charge in [-0.1, -0.05) is 28.9 Å². The smallest absolute Gasteiger partial charge is 0.322 e. The number of ether oxygens (including phenoxy) is 1. The lowest BCUT2D eigenvalue weighted by atomic mass is 10.0. The van der Waals surface area contributed by atoms with Gasteiger partial charge in [0.05, 0.1) is 13.0 Å². The molecule has 0 bridgehead atoms. The monoisotopic (exact) mass is 289 g/mol. The number of hydrogen-bond acceptors (Lipinski definition) is 5. The lowest BCUT2D eigenvalue weighted by Gasteiger charge is -2.06. The summed E-state index contributed by atoms with van der Waals surface area (Å²) in [5.41, 5.74) is 3.25. The van der Waals surface area contributed by atoms with Gasteiger partial charge in [0.1, 0.15) is 0 Å². The summed E-state index contributed by atoms with van der Waals surface area (Å²) in [5.74, 6) is 0.266. The molecule has 2 rings (SSSR count). The van der Waals surface area contributed by atoms with Crippen LogP contribution < -0.4 is 5.32 Å².